The van der Waals surface area contributed by atoms with Gasteiger partial charge in [0.25, 0.3) is 0 Å². The molecule has 0 amide bonds. The van der Waals surface area contributed by atoms with Crippen molar-refractivity contribution in [2.24, 2.45) is 0 Å². The first-order valence-corrected chi connectivity index (χ1v) is 7.72. The number of fused-ring (bicyclic) bond motifs is 6. The second kappa shape index (κ2) is 4.70. The minimum atomic E-state index is -0.710. The van der Waals surface area contributed by atoms with Crippen LogP contribution in [0, 0.1) is 0 Å². The van der Waals surface area contributed by atoms with Crippen LogP contribution in [0.4, 0.5) is 0 Å². The molecule has 2 aromatic carbocycles. The van der Waals surface area contributed by atoms with E-state index in [0.29, 0.717) is 18.1 Å². The van der Waals surface area contributed by atoms with E-state index in [2.05, 4.69) is 0 Å². The first-order chi connectivity index (χ1) is 11.7. The molecule has 0 saturated carbocycles. The average Bonchev–Trinajstić information content (AvgIpc) is 3.21. The molecule has 0 spiro atoms. The first-order valence-electron chi connectivity index (χ1n) is 7.72. The minimum Gasteiger partial charge on any atom is -0.497 e. The maximum Gasteiger partial charge on any atom is 0.231 e. The number of rotatable bonds is 2. The van der Waals surface area contributed by atoms with Gasteiger partial charge < -0.3 is 28.4 Å². The van der Waals surface area contributed by atoms with Crippen LogP contribution in [0.5, 0.6) is 28.7 Å². The Morgan fingerprint density at radius 2 is 1.79 bits per heavy atom. The van der Waals surface area contributed by atoms with Gasteiger partial charge in [-0.3, -0.25) is 0 Å². The van der Waals surface area contributed by atoms with Gasteiger partial charge in [-0.1, -0.05) is 0 Å². The van der Waals surface area contributed by atoms with Crippen LogP contribution in [0.3, 0.4) is 0 Å². The predicted octanol–water partition coefficient (Wildman–Crippen LogP) is 2.79. The molecule has 124 valence electrons. The summed E-state index contributed by atoms with van der Waals surface area (Å²) in [6.07, 6.45) is -0.297. The molecule has 5 rings (SSSR count). The quantitative estimate of drug-likeness (QED) is 0.845. The highest BCUT2D eigenvalue weighted by molar-refractivity contribution is 5.59. The molecule has 2 aromatic rings. The van der Waals surface area contributed by atoms with E-state index >= 15 is 0 Å². The van der Waals surface area contributed by atoms with Crippen molar-refractivity contribution in [2.45, 2.75) is 11.7 Å². The summed E-state index contributed by atoms with van der Waals surface area (Å²) in [5, 5.41) is 0. The molecular formula is C18H16O6. The van der Waals surface area contributed by atoms with Gasteiger partial charge in [0.2, 0.25) is 6.79 Å². The molecular weight excluding hydrogens is 312 g/mol. The fourth-order valence-electron chi connectivity index (χ4n) is 3.63. The summed E-state index contributed by atoms with van der Waals surface area (Å²) in [6.45, 7) is 0.571. The highest BCUT2D eigenvalue weighted by Gasteiger charge is 2.55. The molecule has 2 unspecified atom stereocenters. The first kappa shape index (κ1) is 13.8. The molecule has 0 N–H and O–H groups in total. The zero-order valence-corrected chi connectivity index (χ0v) is 13.3. The SMILES string of the molecule is COc1ccc2c(c1)OCC1(OC)c3cc4c(cc3OC21)OCO4. The number of hydrogen-bond acceptors (Lipinski definition) is 6. The smallest absolute Gasteiger partial charge is 0.231 e. The van der Waals surface area contributed by atoms with Gasteiger partial charge in [0.05, 0.1) is 7.11 Å². The highest BCUT2D eigenvalue weighted by Crippen LogP contribution is 2.58. The van der Waals surface area contributed by atoms with Crippen molar-refractivity contribution >= 4 is 0 Å². The van der Waals surface area contributed by atoms with E-state index in [0.717, 1.165) is 28.4 Å². The van der Waals surface area contributed by atoms with E-state index in [-0.39, 0.29) is 12.9 Å². The molecule has 0 fully saturated rings. The van der Waals surface area contributed by atoms with Crippen LogP contribution in [0.25, 0.3) is 0 Å². The zero-order valence-electron chi connectivity index (χ0n) is 13.3. The summed E-state index contributed by atoms with van der Waals surface area (Å²) in [6, 6.07) is 9.51. The lowest BCUT2D eigenvalue weighted by Gasteiger charge is -2.37. The Hall–Kier alpha value is -2.60. The van der Waals surface area contributed by atoms with E-state index in [1.807, 2.05) is 30.3 Å². The number of benzene rings is 2. The lowest BCUT2D eigenvalue weighted by molar-refractivity contribution is -0.114. The van der Waals surface area contributed by atoms with Gasteiger partial charge in [-0.15, -0.1) is 0 Å². The molecule has 3 aliphatic rings. The third-order valence-corrected chi connectivity index (χ3v) is 4.91. The van der Waals surface area contributed by atoms with E-state index in [1.54, 1.807) is 14.2 Å². The van der Waals surface area contributed by atoms with Crippen LogP contribution >= 0.6 is 0 Å². The van der Waals surface area contributed by atoms with Crippen LogP contribution < -0.4 is 23.7 Å². The summed E-state index contributed by atoms with van der Waals surface area (Å²) in [4.78, 5) is 0. The summed E-state index contributed by atoms with van der Waals surface area (Å²) in [5.41, 5.74) is 1.14. The van der Waals surface area contributed by atoms with Crippen molar-refractivity contribution in [2.75, 3.05) is 27.6 Å². The molecule has 6 heteroatoms. The molecule has 2 atom stereocenters. The zero-order chi connectivity index (χ0) is 16.3. The maximum absolute atomic E-state index is 6.25. The molecule has 0 radical (unpaired) electrons. The molecule has 0 bridgehead atoms. The molecule has 3 aliphatic heterocycles. The number of ether oxygens (including phenoxy) is 6. The minimum absolute atomic E-state index is 0.223. The fraction of sp³-hybridized carbons (Fsp3) is 0.333. The van der Waals surface area contributed by atoms with Gasteiger partial charge >= 0.3 is 0 Å². The van der Waals surface area contributed by atoms with E-state index in [4.69, 9.17) is 28.4 Å². The molecule has 0 saturated heterocycles. The second-order valence-electron chi connectivity index (χ2n) is 5.99. The lowest BCUT2D eigenvalue weighted by Crippen LogP contribution is -2.42. The Labute approximate surface area is 138 Å². The van der Waals surface area contributed by atoms with E-state index < -0.39 is 5.60 Å². The molecule has 24 heavy (non-hydrogen) atoms. The molecule has 0 aromatic heterocycles. The van der Waals surface area contributed by atoms with Gasteiger partial charge in [0, 0.05) is 30.4 Å². The number of hydrogen-bond donors (Lipinski definition) is 0. The molecule has 6 nitrogen and oxygen atoms in total. The predicted molar refractivity (Wildman–Crippen MR) is 83.1 cm³/mol. The van der Waals surface area contributed by atoms with Crippen molar-refractivity contribution in [3.8, 4) is 28.7 Å². The van der Waals surface area contributed by atoms with Crippen LogP contribution in [0.2, 0.25) is 0 Å². The van der Waals surface area contributed by atoms with Crippen molar-refractivity contribution in [1.82, 2.24) is 0 Å². The summed E-state index contributed by atoms with van der Waals surface area (Å²) >= 11 is 0. The summed E-state index contributed by atoms with van der Waals surface area (Å²) in [7, 11) is 3.31. The Balaban J connectivity index is 1.66. The second-order valence-corrected chi connectivity index (χ2v) is 5.99. The number of methoxy groups -OCH3 is 2. The normalized spacial score (nSPS) is 25.2. The summed E-state index contributed by atoms with van der Waals surface area (Å²) in [5.74, 6) is 3.62. The van der Waals surface area contributed by atoms with Crippen molar-refractivity contribution in [3.05, 3.63) is 41.5 Å². The van der Waals surface area contributed by atoms with E-state index in [1.165, 1.54) is 0 Å². The molecule has 0 aliphatic carbocycles. The van der Waals surface area contributed by atoms with Crippen molar-refractivity contribution < 1.29 is 28.4 Å². The van der Waals surface area contributed by atoms with Gasteiger partial charge in [-0.25, -0.2) is 0 Å². The maximum atomic E-state index is 6.25. The van der Waals surface area contributed by atoms with Crippen molar-refractivity contribution in [3.63, 3.8) is 0 Å². The van der Waals surface area contributed by atoms with Gasteiger partial charge in [0.1, 0.15) is 23.9 Å². The Kier molecular flexibility index (Phi) is 2.71. The van der Waals surface area contributed by atoms with Crippen LogP contribution in [-0.2, 0) is 10.3 Å². The Morgan fingerprint density at radius 3 is 2.58 bits per heavy atom. The largest absolute Gasteiger partial charge is 0.497 e. The van der Waals surface area contributed by atoms with Gasteiger partial charge in [-0.05, 0) is 18.2 Å². The monoisotopic (exact) mass is 328 g/mol. The lowest BCUT2D eigenvalue weighted by atomic mass is 9.84. The van der Waals surface area contributed by atoms with Gasteiger partial charge in [0.15, 0.2) is 23.2 Å². The molecule has 3 heterocycles. The topological polar surface area (TPSA) is 55.4 Å². The van der Waals surface area contributed by atoms with Gasteiger partial charge in [-0.2, -0.15) is 0 Å². The van der Waals surface area contributed by atoms with Crippen LogP contribution in [0.15, 0.2) is 30.3 Å². The van der Waals surface area contributed by atoms with Crippen LogP contribution in [0.1, 0.15) is 17.2 Å². The van der Waals surface area contributed by atoms with E-state index in [9.17, 15) is 0 Å². The van der Waals surface area contributed by atoms with Crippen LogP contribution in [-0.4, -0.2) is 27.6 Å². The third kappa shape index (κ3) is 1.63. The Morgan fingerprint density at radius 1 is 0.958 bits per heavy atom. The Bertz CT molecular complexity index is 832. The third-order valence-electron chi connectivity index (χ3n) is 4.91. The summed E-state index contributed by atoms with van der Waals surface area (Å²) < 4.78 is 34.4. The highest BCUT2D eigenvalue weighted by atomic mass is 16.7. The fourth-order valence-corrected chi connectivity index (χ4v) is 3.63. The standard InChI is InChI=1S/C18H16O6/c1-19-10-3-4-11-13(5-10)21-8-18(20-2)12-6-15-16(23-9-22-15)7-14(12)24-17(11)18/h3-7,17H,8-9H2,1-2H3. The average molecular weight is 328 g/mol. The van der Waals surface area contributed by atoms with Crippen molar-refractivity contribution in [1.29, 1.82) is 0 Å².